The van der Waals surface area contributed by atoms with Crippen molar-refractivity contribution in [2.24, 2.45) is 0 Å². The molecule has 0 aliphatic carbocycles. The Bertz CT molecular complexity index is 562. The van der Waals surface area contributed by atoms with Gasteiger partial charge in [0.1, 0.15) is 0 Å². The number of benzene rings is 1. The molecule has 2 rings (SSSR count). The predicted molar refractivity (Wildman–Crippen MR) is 59.2 cm³/mol. The first-order valence-electron chi connectivity index (χ1n) is 5.46. The monoisotopic (exact) mass is 292 g/mol. The predicted octanol–water partition coefficient (Wildman–Crippen LogP) is 3.71. The smallest absolute Gasteiger partial charge is 0.457 e. The lowest BCUT2D eigenvalue weighted by atomic mass is 9.82. The van der Waals surface area contributed by atoms with Gasteiger partial charge in [-0.25, -0.2) is 0 Å². The third kappa shape index (κ3) is 1.98. The van der Waals surface area contributed by atoms with E-state index in [1.165, 1.54) is 18.2 Å². The van der Waals surface area contributed by atoms with Gasteiger partial charge in [0, 0.05) is 5.56 Å². The second-order valence-electron chi connectivity index (χ2n) is 4.16. The fourth-order valence-electron chi connectivity index (χ4n) is 1.88. The molecule has 0 saturated heterocycles. The third-order valence-electron chi connectivity index (χ3n) is 2.94. The van der Waals surface area contributed by atoms with Crippen LogP contribution in [0.4, 0.5) is 22.0 Å². The van der Waals surface area contributed by atoms with Gasteiger partial charge in [0.2, 0.25) is 0 Å². The van der Waals surface area contributed by atoms with E-state index < -0.39 is 28.8 Å². The number of aliphatic hydroxyl groups is 1. The molecular weight excluding hydrogens is 283 g/mol. The molecule has 0 saturated carbocycles. The lowest BCUT2D eigenvalue weighted by molar-refractivity contribution is -0.336. The van der Waals surface area contributed by atoms with E-state index in [2.05, 4.69) is 4.42 Å². The highest BCUT2D eigenvalue weighted by molar-refractivity contribution is 5.37. The van der Waals surface area contributed by atoms with Gasteiger partial charge in [0.15, 0.2) is 5.60 Å². The molecule has 20 heavy (non-hydrogen) atoms. The lowest BCUT2D eigenvalue weighted by Gasteiger charge is -2.36. The van der Waals surface area contributed by atoms with Crippen molar-refractivity contribution in [2.75, 3.05) is 0 Å². The van der Waals surface area contributed by atoms with Crippen LogP contribution in [0, 0.1) is 0 Å². The van der Waals surface area contributed by atoms with Crippen LogP contribution in [0.15, 0.2) is 53.3 Å². The topological polar surface area (TPSA) is 33.4 Å². The molecule has 1 N–H and O–H groups in total. The van der Waals surface area contributed by atoms with Crippen molar-refractivity contribution < 1.29 is 31.5 Å². The van der Waals surface area contributed by atoms with E-state index in [0.29, 0.717) is 6.26 Å². The Morgan fingerprint density at radius 1 is 0.850 bits per heavy atom. The number of hydrogen-bond donors (Lipinski definition) is 1. The maximum absolute atomic E-state index is 13.8. The lowest BCUT2D eigenvalue weighted by Crippen LogP contribution is -2.55. The number of furan rings is 1. The van der Waals surface area contributed by atoms with Gasteiger partial charge < -0.3 is 9.52 Å². The molecule has 0 spiro atoms. The highest BCUT2D eigenvalue weighted by Gasteiger charge is 2.71. The molecule has 0 radical (unpaired) electrons. The van der Waals surface area contributed by atoms with Crippen LogP contribution in [0.2, 0.25) is 0 Å². The summed E-state index contributed by atoms with van der Waals surface area (Å²) >= 11 is 0. The standard InChI is InChI=1S/C13H9F5O2/c14-12(15,13(16,17)18)11(19,10-6-7-20-8-10)9-4-2-1-3-5-9/h1-8,19H. The zero-order chi connectivity index (χ0) is 15.0. The summed E-state index contributed by atoms with van der Waals surface area (Å²) in [5.41, 5.74) is -4.81. The summed E-state index contributed by atoms with van der Waals surface area (Å²) in [6.07, 6.45) is -4.35. The highest BCUT2D eigenvalue weighted by atomic mass is 19.4. The Balaban J connectivity index is 2.69. The minimum atomic E-state index is -5.92. The number of halogens is 5. The highest BCUT2D eigenvalue weighted by Crippen LogP contribution is 2.51. The normalized spacial score (nSPS) is 15.9. The van der Waals surface area contributed by atoms with E-state index >= 15 is 0 Å². The van der Waals surface area contributed by atoms with E-state index in [-0.39, 0.29) is 0 Å². The summed E-state index contributed by atoms with van der Waals surface area (Å²) in [4.78, 5) is 0. The first kappa shape index (κ1) is 14.5. The van der Waals surface area contributed by atoms with Gasteiger partial charge in [-0.05, 0) is 11.6 Å². The van der Waals surface area contributed by atoms with Crippen LogP contribution in [0.5, 0.6) is 0 Å². The molecule has 1 atom stereocenters. The SMILES string of the molecule is OC(c1ccccc1)(c1ccoc1)C(F)(F)C(F)(F)F. The summed E-state index contributed by atoms with van der Waals surface area (Å²) in [6, 6.07) is 6.80. The molecule has 0 aliphatic rings. The largest absolute Gasteiger partial charge is 0.472 e. The molecule has 0 bridgehead atoms. The van der Waals surface area contributed by atoms with Crippen molar-refractivity contribution in [3.05, 3.63) is 60.1 Å². The molecule has 2 nitrogen and oxygen atoms in total. The zero-order valence-electron chi connectivity index (χ0n) is 9.86. The van der Waals surface area contributed by atoms with Crippen molar-refractivity contribution in [2.45, 2.75) is 17.7 Å². The molecule has 1 unspecified atom stereocenters. The van der Waals surface area contributed by atoms with Crippen molar-refractivity contribution in [3.63, 3.8) is 0 Å². The summed E-state index contributed by atoms with van der Waals surface area (Å²) in [5.74, 6) is -5.38. The molecule has 1 aromatic heterocycles. The minimum Gasteiger partial charge on any atom is -0.472 e. The van der Waals surface area contributed by atoms with E-state index in [9.17, 15) is 27.1 Å². The van der Waals surface area contributed by atoms with Gasteiger partial charge in [-0.2, -0.15) is 22.0 Å². The fraction of sp³-hybridized carbons (Fsp3) is 0.231. The van der Waals surface area contributed by atoms with Gasteiger partial charge >= 0.3 is 12.1 Å². The summed E-state index contributed by atoms with van der Waals surface area (Å²) in [6.45, 7) is 0. The van der Waals surface area contributed by atoms with E-state index in [1.54, 1.807) is 0 Å². The van der Waals surface area contributed by atoms with Gasteiger partial charge in [-0.1, -0.05) is 30.3 Å². The fourth-order valence-corrected chi connectivity index (χ4v) is 1.88. The molecule has 7 heteroatoms. The summed E-state index contributed by atoms with van der Waals surface area (Å²) in [7, 11) is 0. The van der Waals surface area contributed by atoms with Crippen LogP contribution in [0.3, 0.4) is 0 Å². The van der Waals surface area contributed by atoms with Crippen LogP contribution in [0.1, 0.15) is 11.1 Å². The first-order chi connectivity index (χ1) is 9.21. The average Bonchev–Trinajstić information content (AvgIpc) is 2.91. The molecule has 2 aromatic rings. The Labute approximate surface area is 110 Å². The average molecular weight is 292 g/mol. The van der Waals surface area contributed by atoms with E-state index in [0.717, 1.165) is 24.5 Å². The van der Waals surface area contributed by atoms with E-state index in [4.69, 9.17) is 0 Å². The molecule has 0 aliphatic heterocycles. The zero-order valence-corrected chi connectivity index (χ0v) is 9.86. The molecular formula is C13H9F5O2. The summed E-state index contributed by atoms with van der Waals surface area (Å²) in [5, 5.41) is 10.2. The van der Waals surface area contributed by atoms with E-state index in [1.807, 2.05) is 0 Å². The number of alkyl halides is 5. The Hall–Kier alpha value is -1.89. The van der Waals surface area contributed by atoms with Gasteiger partial charge in [-0.3, -0.25) is 0 Å². The van der Waals surface area contributed by atoms with Crippen molar-refractivity contribution >= 4 is 0 Å². The Morgan fingerprint density at radius 2 is 1.45 bits per heavy atom. The minimum absolute atomic E-state index is 0.580. The quantitative estimate of drug-likeness (QED) is 0.875. The Morgan fingerprint density at radius 3 is 1.90 bits per heavy atom. The van der Waals surface area contributed by atoms with Gasteiger partial charge in [0.05, 0.1) is 12.5 Å². The van der Waals surface area contributed by atoms with Gasteiger partial charge in [-0.15, -0.1) is 0 Å². The molecule has 0 amide bonds. The van der Waals surface area contributed by atoms with Crippen LogP contribution in [0.25, 0.3) is 0 Å². The molecule has 1 aromatic carbocycles. The van der Waals surface area contributed by atoms with Crippen molar-refractivity contribution in [3.8, 4) is 0 Å². The number of rotatable bonds is 3. The van der Waals surface area contributed by atoms with Crippen molar-refractivity contribution in [1.29, 1.82) is 0 Å². The van der Waals surface area contributed by atoms with Crippen LogP contribution < -0.4 is 0 Å². The first-order valence-corrected chi connectivity index (χ1v) is 5.46. The number of hydrogen-bond acceptors (Lipinski definition) is 2. The molecule has 108 valence electrons. The second-order valence-corrected chi connectivity index (χ2v) is 4.16. The third-order valence-corrected chi connectivity index (χ3v) is 2.94. The molecule has 0 fully saturated rings. The second kappa shape index (κ2) is 4.59. The summed E-state index contributed by atoms with van der Waals surface area (Å²) < 4.78 is 70.1. The van der Waals surface area contributed by atoms with Crippen LogP contribution in [-0.2, 0) is 5.60 Å². The Kier molecular flexibility index (Phi) is 3.33. The maximum atomic E-state index is 13.8. The van der Waals surface area contributed by atoms with Crippen LogP contribution >= 0.6 is 0 Å². The van der Waals surface area contributed by atoms with Gasteiger partial charge in [0.25, 0.3) is 0 Å². The molecule has 1 heterocycles. The van der Waals surface area contributed by atoms with Crippen LogP contribution in [-0.4, -0.2) is 17.2 Å². The van der Waals surface area contributed by atoms with Crippen molar-refractivity contribution in [1.82, 2.24) is 0 Å². The maximum Gasteiger partial charge on any atom is 0.457 e.